The highest BCUT2D eigenvalue weighted by Gasteiger charge is 2.33. The summed E-state index contributed by atoms with van der Waals surface area (Å²) < 4.78 is 0. The van der Waals surface area contributed by atoms with Gasteiger partial charge in [-0.3, -0.25) is 19.4 Å². The fourth-order valence-corrected chi connectivity index (χ4v) is 4.49. The smallest absolute Gasteiger partial charge is 0.326 e. The summed E-state index contributed by atoms with van der Waals surface area (Å²) in [6.45, 7) is 7.68. The number of benzene rings is 1. The number of aromatic nitrogens is 1. The molecule has 0 saturated carbocycles. The van der Waals surface area contributed by atoms with E-state index in [4.69, 9.17) is 17.2 Å². The minimum absolute atomic E-state index is 0.0266. The van der Waals surface area contributed by atoms with Gasteiger partial charge in [-0.25, -0.2) is 4.79 Å². The topological polar surface area (TPSA) is 231 Å². The summed E-state index contributed by atoms with van der Waals surface area (Å²) in [4.78, 5) is 59.0. The predicted molar refractivity (Wildman–Crippen MR) is 162 cm³/mol. The summed E-state index contributed by atoms with van der Waals surface area (Å²) in [6.07, 6.45) is 3.46. The van der Waals surface area contributed by atoms with Crippen LogP contribution < -0.4 is 33.2 Å². The van der Waals surface area contributed by atoms with E-state index >= 15 is 0 Å². The lowest BCUT2D eigenvalue weighted by atomic mass is 9.95. The van der Waals surface area contributed by atoms with Crippen molar-refractivity contribution in [1.82, 2.24) is 20.9 Å². The van der Waals surface area contributed by atoms with E-state index in [0.717, 1.165) is 16.5 Å². The van der Waals surface area contributed by atoms with Crippen LogP contribution in [0.1, 0.15) is 58.9 Å². The van der Waals surface area contributed by atoms with Crippen LogP contribution in [0.2, 0.25) is 0 Å². The van der Waals surface area contributed by atoms with Crippen LogP contribution in [0.4, 0.5) is 0 Å². The Balaban J connectivity index is 2.25. The molecule has 1 heterocycles. The van der Waals surface area contributed by atoms with Crippen LogP contribution in [0.15, 0.2) is 35.5 Å². The molecule has 13 nitrogen and oxygen atoms in total. The van der Waals surface area contributed by atoms with Gasteiger partial charge in [0, 0.05) is 30.1 Å². The number of carbonyl (C=O) groups excluding carboxylic acids is 3. The maximum Gasteiger partial charge on any atom is 0.326 e. The summed E-state index contributed by atoms with van der Waals surface area (Å²) in [5.74, 6) is -3.39. The number of carbonyl (C=O) groups is 4. The van der Waals surface area contributed by atoms with Gasteiger partial charge in [0.15, 0.2) is 5.96 Å². The van der Waals surface area contributed by atoms with Gasteiger partial charge in [-0.2, -0.15) is 0 Å². The molecule has 0 aliphatic heterocycles. The molecule has 1 aromatic carbocycles. The molecule has 0 spiro atoms. The van der Waals surface area contributed by atoms with Crippen LogP contribution in [0.5, 0.6) is 0 Å². The third kappa shape index (κ3) is 9.75. The quantitative estimate of drug-likeness (QED) is 0.0746. The normalized spacial score (nSPS) is 15.5. The van der Waals surface area contributed by atoms with E-state index in [1.54, 1.807) is 6.20 Å². The predicted octanol–water partition coefficient (Wildman–Crippen LogP) is 0.723. The van der Waals surface area contributed by atoms with Crippen molar-refractivity contribution in [3.63, 3.8) is 0 Å². The Hall–Kier alpha value is -4.13. The van der Waals surface area contributed by atoms with Crippen molar-refractivity contribution in [1.29, 1.82) is 0 Å². The minimum Gasteiger partial charge on any atom is -0.480 e. The Morgan fingerprint density at radius 1 is 0.929 bits per heavy atom. The molecule has 0 fully saturated rings. The molecule has 6 atom stereocenters. The number of H-pyrrole nitrogens is 1. The summed E-state index contributed by atoms with van der Waals surface area (Å²) in [6, 6.07) is 3.33. The van der Waals surface area contributed by atoms with Crippen molar-refractivity contribution in [2.24, 2.45) is 34.0 Å². The number of nitrogens with zero attached hydrogens (tertiary/aromatic N) is 1. The Morgan fingerprint density at radius 3 is 2.19 bits per heavy atom. The van der Waals surface area contributed by atoms with E-state index in [2.05, 4.69) is 25.9 Å². The summed E-state index contributed by atoms with van der Waals surface area (Å²) in [7, 11) is 0. The number of aromatic amines is 1. The van der Waals surface area contributed by atoms with Crippen molar-refractivity contribution < 1.29 is 24.3 Å². The number of hydrogen-bond acceptors (Lipinski definition) is 6. The molecule has 0 radical (unpaired) electrons. The fourth-order valence-electron chi connectivity index (χ4n) is 4.49. The SMILES string of the molecule is CCC(C)C(N)C(=O)NC(C(=O)NC(CCCN=C(N)N)C(=O)NC(Cc1c[nH]c2ccccc12)C(=O)O)C(C)CC. The van der Waals surface area contributed by atoms with Gasteiger partial charge in [0.05, 0.1) is 6.04 Å². The molecule has 13 heteroatoms. The number of carboxylic acid groups (broad SMARTS) is 1. The Labute approximate surface area is 246 Å². The highest BCUT2D eigenvalue weighted by Crippen LogP contribution is 2.19. The summed E-state index contributed by atoms with van der Waals surface area (Å²) in [5, 5.41) is 18.8. The molecule has 2 rings (SSSR count). The Morgan fingerprint density at radius 2 is 1.57 bits per heavy atom. The second-order valence-corrected chi connectivity index (χ2v) is 10.8. The van der Waals surface area contributed by atoms with Crippen molar-refractivity contribution in [3.05, 3.63) is 36.0 Å². The van der Waals surface area contributed by atoms with Crippen molar-refractivity contribution >= 4 is 40.6 Å². The lowest BCUT2D eigenvalue weighted by Crippen LogP contribution is -2.59. The van der Waals surface area contributed by atoms with Gasteiger partial charge < -0.3 is 43.2 Å². The molecular formula is C29H46N8O5. The lowest BCUT2D eigenvalue weighted by Gasteiger charge is -2.28. The monoisotopic (exact) mass is 586 g/mol. The Kier molecular flexibility index (Phi) is 13.3. The molecule has 11 N–H and O–H groups in total. The first-order chi connectivity index (χ1) is 19.9. The third-order valence-corrected chi connectivity index (χ3v) is 7.64. The van der Waals surface area contributed by atoms with Crippen molar-refractivity contribution in [2.45, 2.75) is 84.0 Å². The van der Waals surface area contributed by atoms with Gasteiger partial charge in [-0.15, -0.1) is 0 Å². The second-order valence-electron chi connectivity index (χ2n) is 10.8. The molecular weight excluding hydrogens is 540 g/mol. The molecule has 0 saturated heterocycles. The number of amides is 3. The molecule has 42 heavy (non-hydrogen) atoms. The number of nitrogens with one attached hydrogen (secondary N) is 4. The van der Waals surface area contributed by atoms with Crippen LogP contribution in [0.3, 0.4) is 0 Å². The first-order valence-electron chi connectivity index (χ1n) is 14.4. The maximum absolute atomic E-state index is 13.5. The number of rotatable bonds is 17. The standard InChI is InChI=1S/C29H46N8O5/c1-5-16(3)23(30)26(39)37-24(17(4)6-2)27(40)35-21(12-9-13-33-29(31)32)25(38)36-22(28(41)42)14-18-15-34-20-11-8-7-10-19(18)20/h7-8,10-11,15-17,21-24,34H,5-6,9,12-14,30H2,1-4H3,(H,35,40)(H,36,38)(H,37,39)(H,41,42)(H4,31,32,33). The van der Waals surface area contributed by atoms with Crippen molar-refractivity contribution in [3.8, 4) is 0 Å². The molecule has 2 aromatic rings. The van der Waals surface area contributed by atoms with Crippen LogP contribution in [-0.4, -0.2) is 70.5 Å². The van der Waals surface area contributed by atoms with Crippen LogP contribution in [0, 0.1) is 11.8 Å². The number of aliphatic imine (C=N–C) groups is 1. The molecule has 0 aliphatic rings. The molecule has 6 unspecified atom stereocenters. The van der Waals surface area contributed by atoms with E-state index in [1.165, 1.54) is 0 Å². The molecule has 0 aliphatic carbocycles. The van der Waals surface area contributed by atoms with Gasteiger partial charge >= 0.3 is 5.97 Å². The fraction of sp³-hybridized carbons (Fsp3) is 0.552. The first kappa shape index (κ1) is 34.1. The lowest BCUT2D eigenvalue weighted by molar-refractivity contribution is -0.142. The van der Waals surface area contributed by atoms with Crippen LogP contribution in [-0.2, 0) is 25.6 Å². The highest BCUT2D eigenvalue weighted by atomic mass is 16.4. The largest absolute Gasteiger partial charge is 0.480 e. The average molecular weight is 587 g/mol. The van der Waals surface area contributed by atoms with Crippen molar-refractivity contribution in [2.75, 3.05) is 6.54 Å². The number of carboxylic acids is 1. The third-order valence-electron chi connectivity index (χ3n) is 7.64. The van der Waals surface area contributed by atoms with E-state index in [9.17, 15) is 24.3 Å². The van der Waals surface area contributed by atoms with Crippen LogP contribution >= 0.6 is 0 Å². The van der Waals surface area contributed by atoms with Crippen LogP contribution in [0.25, 0.3) is 10.9 Å². The number of para-hydroxylation sites is 1. The number of fused-ring (bicyclic) bond motifs is 1. The molecule has 232 valence electrons. The van der Waals surface area contributed by atoms with Gasteiger partial charge in [0.2, 0.25) is 17.7 Å². The zero-order chi connectivity index (χ0) is 31.4. The Bertz CT molecular complexity index is 1240. The minimum atomic E-state index is -1.26. The van der Waals surface area contributed by atoms with Gasteiger partial charge in [0.25, 0.3) is 0 Å². The zero-order valence-corrected chi connectivity index (χ0v) is 24.9. The van der Waals surface area contributed by atoms with E-state index in [-0.39, 0.29) is 37.2 Å². The molecule has 1 aromatic heterocycles. The first-order valence-corrected chi connectivity index (χ1v) is 14.4. The van der Waals surface area contributed by atoms with E-state index in [1.807, 2.05) is 52.0 Å². The van der Waals surface area contributed by atoms with E-state index < -0.39 is 47.9 Å². The number of hydrogen-bond donors (Lipinski definition) is 8. The number of guanidine groups is 1. The van der Waals surface area contributed by atoms with Gasteiger partial charge in [-0.05, 0) is 36.3 Å². The zero-order valence-electron chi connectivity index (χ0n) is 24.9. The summed E-state index contributed by atoms with van der Waals surface area (Å²) in [5.41, 5.74) is 18.5. The number of nitrogens with two attached hydrogens (primary N) is 3. The highest BCUT2D eigenvalue weighted by molar-refractivity contribution is 5.94. The van der Waals surface area contributed by atoms with Gasteiger partial charge in [0.1, 0.15) is 18.1 Å². The molecule has 0 bridgehead atoms. The van der Waals surface area contributed by atoms with E-state index in [0.29, 0.717) is 19.3 Å². The summed E-state index contributed by atoms with van der Waals surface area (Å²) >= 11 is 0. The van der Waals surface area contributed by atoms with Gasteiger partial charge in [-0.1, -0.05) is 58.7 Å². The number of aliphatic carboxylic acids is 1. The molecule has 3 amide bonds. The second kappa shape index (κ2) is 16.3. The average Bonchev–Trinajstić information content (AvgIpc) is 3.37. The maximum atomic E-state index is 13.5.